The molecule has 0 radical (unpaired) electrons. The first-order valence-corrected chi connectivity index (χ1v) is 11.3. The summed E-state index contributed by atoms with van der Waals surface area (Å²) in [7, 11) is 0. The number of nitrogens with one attached hydrogen (secondary N) is 1. The Morgan fingerprint density at radius 1 is 1.38 bits per heavy atom. The Bertz CT molecular complexity index is 931. The predicted molar refractivity (Wildman–Crippen MR) is 104 cm³/mol. The number of aromatic nitrogens is 4. The smallest absolute Gasteiger partial charge is 0.192 e. The molecule has 0 amide bonds. The molecule has 3 aromatic heterocycles. The van der Waals surface area contributed by atoms with Crippen molar-refractivity contribution in [3.63, 3.8) is 0 Å². The van der Waals surface area contributed by atoms with E-state index in [1.165, 1.54) is 28.7 Å². The average Bonchev–Trinajstić information content (AvgIpc) is 3.26. The van der Waals surface area contributed by atoms with Crippen LogP contribution in [0.3, 0.4) is 0 Å². The highest BCUT2D eigenvalue weighted by molar-refractivity contribution is 7.99. The summed E-state index contributed by atoms with van der Waals surface area (Å²) in [6, 6.07) is 0. The number of aryl methyl sites for hydroxylation is 1. The molecule has 1 aliphatic carbocycles. The average molecular weight is 391 g/mol. The second-order valence-corrected chi connectivity index (χ2v) is 9.53. The fourth-order valence-corrected chi connectivity index (χ4v) is 6.28. The molecular weight excluding hydrogens is 366 g/mol. The lowest BCUT2D eigenvalue weighted by Crippen LogP contribution is -3.14. The highest BCUT2D eigenvalue weighted by Gasteiger charge is 2.24. The first-order chi connectivity index (χ1) is 12.8. The van der Waals surface area contributed by atoms with Gasteiger partial charge in [-0.2, -0.15) is 9.61 Å². The topological polar surface area (TPSA) is 56.8 Å². The largest absolute Gasteiger partial charge is 0.370 e. The first-order valence-electron chi connectivity index (χ1n) is 9.47. The third-order valence-corrected chi connectivity index (χ3v) is 7.64. The Balaban J connectivity index is 1.45. The van der Waals surface area contributed by atoms with Gasteiger partial charge >= 0.3 is 0 Å². The Morgan fingerprint density at radius 3 is 3.15 bits per heavy atom. The number of nitrogens with zero attached hydrogens (tertiary/aromatic N) is 4. The van der Waals surface area contributed by atoms with E-state index in [4.69, 9.17) is 9.72 Å². The quantitative estimate of drug-likeness (QED) is 0.540. The van der Waals surface area contributed by atoms with Crippen molar-refractivity contribution in [2.45, 2.75) is 31.3 Å². The van der Waals surface area contributed by atoms with E-state index in [0.29, 0.717) is 0 Å². The molecule has 1 fully saturated rings. The minimum atomic E-state index is 0.744. The number of hydrogen-bond donors (Lipinski definition) is 1. The molecule has 0 bridgehead atoms. The maximum Gasteiger partial charge on any atom is 0.192 e. The minimum Gasteiger partial charge on any atom is -0.370 e. The van der Waals surface area contributed by atoms with Crippen LogP contribution in [-0.2, 0) is 17.6 Å². The minimum absolute atomic E-state index is 0.744. The number of hydrogen-bond acceptors (Lipinski definition) is 6. The summed E-state index contributed by atoms with van der Waals surface area (Å²) in [6.07, 6.45) is 5.28. The van der Waals surface area contributed by atoms with Crippen LogP contribution in [0.4, 0.5) is 0 Å². The highest BCUT2D eigenvalue weighted by atomic mass is 32.2. The van der Waals surface area contributed by atoms with E-state index in [1.807, 2.05) is 15.9 Å². The highest BCUT2D eigenvalue weighted by Crippen LogP contribution is 2.39. The Hall–Kier alpha value is -1.22. The van der Waals surface area contributed by atoms with Crippen LogP contribution < -0.4 is 4.90 Å². The number of quaternary nitrogens is 1. The lowest BCUT2D eigenvalue weighted by molar-refractivity contribution is -0.905. The van der Waals surface area contributed by atoms with Crippen LogP contribution in [0.2, 0.25) is 0 Å². The Morgan fingerprint density at radius 2 is 2.27 bits per heavy atom. The van der Waals surface area contributed by atoms with Crippen molar-refractivity contribution in [2.75, 3.05) is 38.6 Å². The molecule has 4 heterocycles. The van der Waals surface area contributed by atoms with Crippen molar-refractivity contribution >= 4 is 39.0 Å². The van der Waals surface area contributed by atoms with Crippen molar-refractivity contribution < 1.29 is 9.64 Å². The zero-order valence-corrected chi connectivity index (χ0v) is 16.7. The summed E-state index contributed by atoms with van der Waals surface area (Å²) in [5.74, 6) is 1.79. The Labute approximate surface area is 160 Å². The van der Waals surface area contributed by atoms with Gasteiger partial charge in [0.2, 0.25) is 0 Å². The van der Waals surface area contributed by atoms with Gasteiger partial charge in [-0.1, -0.05) is 18.7 Å². The van der Waals surface area contributed by atoms with E-state index in [1.54, 1.807) is 23.0 Å². The van der Waals surface area contributed by atoms with Gasteiger partial charge in [0.15, 0.2) is 10.8 Å². The van der Waals surface area contributed by atoms with Crippen LogP contribution in [-0.4, -0.2) is 58.2 Å². The van der Waals surface area contributed by atoms with Gasteiger partial charge in [0, 0.05) is 4.88 Å². The van der Waals surface area contributed by atoms with E-state index in [-0.39, 0.29) is 0 Å². The molecule has 138 valence electrons. The lowest BCUT2D eigenvalue weighted by Gasteiger charge is -2.23. The SMILES string of the molecule is C[C@H]1CCc2sc3nc(SCC[NH+]4CCOCC4)n4ncnc4c3c2C1. The molecule has 2 aliphatic rings. The molecule has 6 nitrogen and oxygen atoms in total. The second kappa shape index (κ2) is 7.07. The second-order valence-electron chi connectivity index (χ2n) is 7.38. The van der Waals surface area contributed by atoms with Gasteiger partial charge < -0.3 is 9.64 Å². The molecule has 1 saturated heterocycles. The summed E-state index contributed by atoms with van der Waals surface area (Å²) >= 11 is 3.67. The van der Waals surface area contributed by atoms with Gasteiger partial charge in [0.1, 0.15) is 24.2 Å². The normalized spacial score (nSPS) is 21.5. The summed E-state index contributed by atoms with van der Waals surface area (Å²) in [5, 5.41) is 6.71. The van der Waals surface area contributed by atoms with Crippen molar-refractivity contribution in [3.05, 3.63) is 16.8 Å². The number of thioether (sulfide) groups is 1. The monoisotopic (exact) mass is 390 g/mol. The molecule has 1 atom stereocenters. The van der Waals surface area contributed by atoms with Gasteiger partial charge in [-0.15, -0.1) is 11.3 Å². The zero-order chi connectivity index (χ0) is 17.5. The molecule has 0 aromatic carbocycles. The van der Waals surface area contributed by atoms with Crippen molar-refractivity contribution in [1.29, 1.82) is 0 Å². The van der Waals surface area contributed by atoms with Gasteiger partial charge in [0.05, 0.1) is 30.9 Å². The molecule has 5 rings (SSSR count). The van der Waals surface area contributed by atoms with E-state index in [2.05, 4.69) is 17.0 Å². The molecule has 3 aromatic rings. The number of fused-ring (bicyclic) bond motifs is 5. The van der Waals surface area contributed by atoms with Crippen LogP contribution in [0.5, 0.6) is 0 Å². The van der Waals surface area contributed by atoms with Gasteiger partial charge in [-0.25, -0.2) is 9.97 Å². The fourth-order valence-electron chi connectivity index (χ4n) is 4.03. The summed E-state index contributed by atoms with van der Waals surface area (Å²) < 4.78 is 7.40. The van der Waals surface area contributed by atoms with Crippen LogP contribution in [0.1, 0.15) is 23.8 Å². The zero-order valence-electron chi connectivity index (χ0n) is 15.0. The third-order valence-electron chi connectivity index (χ3n) is 5.53. The van der Waals surface area contributed by atoms with Crippen LogP contribution in [0, 0.1) is 5.92 Å². The van der Waals surface area contributed by atoms with Crippen molar-refractivity contribution in [3.8, 4) is 0 Å². The number of rotatable bonds is 4. The molecule has 0 spiro atoms. The van der Waals surface area contributed by atoms with Gasteiger partial charge in [-0.05, 0) is 30.7 Å². The molecular formula is C18H24N5OS2+. The standard InChI is InChI=1S/C18H23N5OS2/c1-12-2-3-14-13(10-12)15-16-19-11-20-23(16)18(21-17(15)26-14)25-9-6-22-4-7-24-8-5-22/h11-12H,2-10H2,1H3/p+1/t12-/m0/s1. The molecule has 1 aliphatic heterocycles. The van der Waals surface area contributed by atoms with Gasteiger partial charge in [0.25, 0.3) is 0 Å². The number of ether oxygens (including phenoxy) is 1. The van der Waals surface area contributed by atoms with Crippen LogP contribution in [0.15, 0.2) is 11.5 Å². The number of morpholine rings is 1. The summed E-state index contributed by atoms with van der Waals surface area (Å²) in [6.45, 7) is 7.48. The van der Waals surface area contributed by atoms with Gasteiger partial charge in [-0.3, -0.25) is 0 Å². The maximum atomic E-state index is 5.45. The van der Waals surface area contributed by atoms with Crippen molar-refractivity contribution in [1.82, 2.24) is 19.6 Å². The van der Waals surface area contributed by atoms with E-state index in [0.717, 1.165) is 66.6 Å². The van der Waals surface area contributed by atoms with E-state index < -0.39 is 0 Å². The molecule has 1 N–H and O–H groups in total. The maximum absolute atomic E-state index is 5.45. The summed E-state index contributed by atoms with van der Waals surface area (Å²) in [5.41, 5.74) is 2.46. The predicted octanol–water partition coefficient (Wildman–Crippen LogP) is 1.47. The fraction of sp³-hybridized carbons (Fsp3) is 0.611. The van der Waals surface area contributed by atoms with E-state index in [9.17, 15) is 0 Å². The van der Waals surface area contributed by atoms with Crippen LogP contribution >= 0.6 is 23.1 Å². The Kier molecular flexibility index (Phi) is 4.60. The lowest BCUT2D eigenvalue weighted by atomic mass is 9.89. The first kappa shape index (κ1) is 16.9. The number of thiophene rings is 1. The van der Waals surface area contributed by atoms with E-state index >= 15 is 0 Å². The molecule has 8 heteroatoms. The molecule has 0 unspecified atom stereocenters. The van der Waals surface area contributed by atoms with Crippen molar-refractivity contribution in [2.24, 2.45) is 5.92 Å². The summed E-state index contributed by atoms with van der Waals surface area (Å²) in [4.78, 5) is 13.9. The molecule has 0 saturated carbocycles. The van der Waals surface area contributed by atoms with Crippen LogP contribution in [0.25, 0.3) is 15.9 Å². The third kappa shape index (κ3) is 3.02. The molecule has 26 heavy (non-hydrogen) atoms.